The Bertz CT molecular complexity index is 891. The Morgan fingerprint density at radius 1 is 1.40 bits per heavy atom. The molecular weight excluding hydrogens is 278 g/mol. The zero-order valence-electron chi connectivity index (χ0n) is 10.5. The number of aromatic nitrogens is 4. The predicted molar refractivity (Wildman–Crippen MR) is 74.5 cm³/mol. The van der Waals surface area contributed by atoms with E-state index in [1.54, 1.807) is 12.4 Å². The van der Waals surface area contributed by atoms with Gasteiger partial charge in [0.1, 0.15) is 17.0 Å². The summed E-state index contributed by atoms with van der Waals surface area (Å²) in [6.45, 7) is 0.180. The van der Waals surface area contributed by atoms with E-state index in [0.29, 0.717) is 5.82 Å². The van der Waals surface area contributed by atoms with E-state index >= 15 is 0 Å². The molecule has 0 atom stereocenters. The van der Waals surface area contributed by atoms with Crippen molar-refractivity contribution in [3.63, 3.8) is 0 Å². The Hall–Kier alpha value is -1.93. The lowest BCUT2D eigenvalue weighted by atomic mass is 10.3. The Labute approximate surface area is 114 Å². The molecule has 0 amide bonds. The molecular formula is C12H13N5O2S. The Morgan fingerprint density at radius 2 is 2.25 bits per heavy atom. The zero-order chi connectivity index (χ0) is 13.7. The SMILES string of the molecule is O=S(=O)(NCc1nc2c(cnc3[nH]ccc32)[nH]1)C1CC1. The average molecular weight is 291 g/mol. The molecule has 20 heavy (non-hydrogen) atoms. The maximum Gasteiger partial charge on any atom is 0.214 e. The highest BCUT2D eigenvalue weighted by atomic mass is 32.2. The van der Waals surface area contributed by atoms with Gasteiger partial charge in [-0.05, 0) is 18.9 Å². The van der Waals surface area contributed by atoms with Gasteiger partial charge in [0.25, 0.3) is 0 Å². The largest absolute Gasteiger partial charge is 0.346 e. The quantitative estimate of drug-likeness (QED) is 0.667. The third-order valence-electron chi connectivity index (χ3n) is 3.49. The minimum absolute atomic E-state index is 0.180. The van der Waals surface area contributed by atoms with Gasteiger partial charge in [0.05, 0.1) is 23.5 Å². The summed E-state index contributed by atoms with van der Waals surface area (Å²) in [7, 11) is -3.19. The molecule has 0 bridgehead atoms. The van der Waals surface area contributed by atoms with E-state index in [-0.39, 0.29) is 11.8 Å². The fraction of sp³-hybridized carbons (Fsp3) is 0.333. The number of hydrogen-bond donors (Lipinski definition) is 3. The van der Waals surface area contributed by atoms with Crippen molar-refractivity contribution in [3.05, 3.63) is 24.3 Å². The number of rotatable bonds is 4. The summed E-state index contributed by atoms with van der Waals surface area (Å²) in [5, 5.41) is 0.708. The van der Waals surface area contributed by atoms with Crippen LogP contribution in [0.5, 0.6) is 0 Å². The minimum atomic E-state index is -3.19. The molecule has 8 heteroatoms. The molecule has 7 nitrogen and oxygen atoms in total. The number of sulfonamides is 1. The van der Waals surface area contributed by atoms with E-state index in [0.717, 1.165) is 34.9 Å². The van der Waals surface area contributed by atoms with Crippen LogP contribution in [0.1, 0.15) is 18.7 Å². The molecule has 0 aliphatic heterocycles. The maximum atomic E-state index is 11.8. The molecule has 3 aromatic rings. The van der Waals surface area contributed by atoms with Gasteiger partial charge in [-0.2, -0.15) is 0 Å². The number of fused-ring (bicyclic) bond motifs is 3. The Morgan fingerprint density at radius 3 is 3.05 bits per heavy atom. The zero-order valence-corrected chi connectivity index (χ0v) is 11.4. The minimum Gasteiger partial charge on any atom is -0.346 e. The molecule has 0 radical (unpaired) electrons. The van der Waals surface area contributed by atoms with Gasteiger partial charge in [-0.15, -0.1) is 0 Å². The molecule has 104 valence electrons. The molecule has 3 N–H and O–H groups in total. The molecule has 4 rings (SSSR count). The van der Waals surface area contributed by atoms with Crippen LogP contribution >= 0.6 is 0 Å². The number of H-pyrrole nitrogens is 2. The van der Waals surface area contributed by atoms with Gasteiger partial charge in [-0.3, -0.25) is 0 Å². The highest BCUT2D eigenvalue weighted by Crippen LogP contribution is 2.27. The number of pyridine rings is 1. The van der Waals surface area contributed by atoms with Crippen molar-refractivity contribution in [2.45, 2.75) is 24.6 Å². The molecule has 0 saturated heterocycles. The van der Waals surface area contributed by atoms with Crippen LogP contribution in [-0.4, -0.2) is 33.6 Å². The van der Waals surface area contributed by atoms with E-state index in [4.69, 9.17) is 0 Å². The van der Waals surface area contributed by atoms with E-state index in [2.05, 4.69) is 24.7 Å². The van der Waals surface area contributed by atoms with Gasteiger partial charge in [-0.25, -0.2) is 23.1 Å². The van der Waals surface area contributed by atoms with E-state index in [9.17, 15) is 8.42 Å². The molecule has 1 fully saturated rings. The van der Waals surface area contributed by atoms with Crippen molar-refractivity contribution >= 4 is 32.1 Å². The van der Waals surface area contributed by atoms with Crippen molar-refractivity contribution in [3.8, 4) is 0 Å². The summed E-state index contributed by atoms with van der Waals surface area (Å²) in [5.74, 6) is 0.597. The number of hydrogen-bond acceptors (Lipinski definition) is 4. The highest BCUT2D eigenvalue weighted by molar-refractivity contribution is 7.90. The summed E-state index contributed by atoms with van der Waals surface area (Å²) in [4.78, 5) is 14.8. The van der Waals surface area contributed by atoms with Crippen molar-refractivity contribution in [1.82, 2.24) is 24.7 Å². The number of imidazole rings is 1. The Kier molecular flexibility index (Phi) is 2.39. The van der Waals surface area contributed by atoms with Crippen LogP contribution < -0.4 is 4.72 Å². The van der Waals surface area contributed by atoms with E-state index in [1.165, 1.54) is 0 Å². The number of aromatic amines is 2. The van der Waals surface area contributed by atoms with Crippen LogP contribution in [0.2, 0.25) is 0 Å². The molecule has 0 spiro atoms. The normalized spacial score (nSPS) is 16.2. The van der Waals surface area contributed by atoms with E-state index in [1.807, 2.05) is 6.07 Å². The summed E-state index contributed by atoms with van der Waals surface area (Å²) >= 11 is 0. The second-order valence-electron chi connectivity index (χ2n) is 5.01. The van der Waals surface area contributed by atoms with Gasteiger partial charge in [0.15, 0.2) is 0 Å². The molecule has 1 aliphatic rings. The first-order valence-corrected chi connectivity index (χ1v) is 7.97. The van der Waals surface area contributed by atoms with Crippen molar-refractivity contribution < 1.29 is 8.42 Å². The first-order chi connectivity index (χ1) is 9.63. The first-order valence-electron chi connectivity index (χ1n) is 6.43. The fourth-order valence-electron chi connectivity index (χ4n) is 2.27. The van der Waals surface area contributed by atoms with Gasteiger partial charge >= 0.3 is 0 Å². The highest BCUT2D eigenvalue weighted by Gasteiger charge is 2.35. The molecule has 0 unspecified atom stereocenters. The molecule has 1 aliphatic carbocycles. The fourth-order valence-corrected chi connectivity index (χ4v) is 3.60. The summed E-state index contributed by atoms with van der Waals surface area (Å²) in [6, 6.07) is 1.91. The maximum absolute atomic E-state index is 11.8. The van der Waals surface area contributed by atoms with Crippen LogP contribution in [-0.2, 0) is 16.6 Å². The smallest absolute Gasteiger partial charge is 0.214 e. The molecule has 1 saturated carbocycles. The Balaban J connectivity index is 1.67. The van der Waals surface area contributed by atoms with Crippen LogP contribution in [0.25, 0.3) is 22.1 Å². The molecule has 0 aromatic carbocycles. The van der Waals surface area contributed by atoms with Gasteiger partial charge in [0.2, 0.25) is 10.0 Å². The van der Waals surface area contributed by atoms with E-state index < -0.39 is 10.0 Å². The lowest BCUT2D eigenvalue weighted by Crippen LogP contribution is -2.27. The third kappa shape index (κ3) is 1.88. The molecule has 3 aromatic heterocycles. The van der Waals surface area contributed by atoms with Crippen molar-refractivity contribution in [2.24, 2.45) is 0 Å². The number of nitrogens with zero attached hydrogens (tertiary/aromatic N) is 2. The van der Waals surface area contributed by atoms with Gasteiger partial charge in [-0.1, -0.05) is 0 Å². The van der Waals surface area contributed by atoms with Crippen LogP contribution in [0.4, 0.5) is 0 Å². The molecule has 3 heterocycles. The van der Waals surface area contributed by atoms with Gasteiger partial charge in [0, 0.05) is 11.6 Å². The monoisotopic (exact) mass is 291 g/mol. The van der Waals surface area contributed by atoms with Crippen LogP contribution in [0.15, 0.2) is 18.5 Å². The third-order valence-corrected chi connectivity index (χ3v) is 5.38. The van der Waals surface area contributed by atoms with Crippen molar-refractivity contribution in [2.75, 3.05) is 0 Å². The topological polar surface area (TPSA) is 104 Å². The summed E-state index contributed by atoms with van der Waals surface area (Å²) < 4.78 is 26.2. The summed E-state index contributed by atoms with van der Waals surface area (Å²) in [5.41, 5.74) is 2.38. The second kappa shape index (κ2) is 4.03. The lowest BCUT2D eigenvalue weighted by molar-refractivity contribution is 0.578. The standard InChI is InChI=1S/C12H13N5O2S/c18-20(19,7-1-2-7)15-6-10-16-9-5-14-12-8(3-4-13-12)11(9)17-10/h3-5,7,15H,1-2,6H2,(H,13,14)(H,16,17). The lowest BCUT2D eigenvalue weighted by Gasteiger charge is -2.02. The summed E-state index contributed by atoms with van der Waals surface area (Å²) in [6.07, 6.45) is 5.01. The van der Waals surface area contributed by atoms with Crippen molar-refractivity contribution in [1.29, 1.82) is 0 Å². The average Bonchev–Trinajstić information content (AvgIpc) is 3.03. The van der Waals surface area contributed by atoms with Crippen LogP contribution in [0, 0.1) is 0 Å². The number of nitrogens with one attached hydrogen (secondary N) is 3. The predicted octanol–water partition coefficient (Wildman–Crippen LogP) is 1.02. The van der Waals surface area contributed by atoms with Crippen LogP contribution in [0.3, 0.4) is 0 Å². The van der Waals surface area contributed by atoms with Gasteiger partial charge < -0.3 is 9.97 Å². The second-order valence-corrected chi connectivity index (χ2v) is 7.05. The first kappa shape index (κ1) is 11.9.